The Morgan fingerprint density at radius 2 is 1.42 bits per heavy atom. The zero-order valence-electron chi connectivity index (χ0n) is 30.5. The number of carbonyl (C=O) groups excluding carboxylic acids is 4. The fourth-order valence-corrected chi connectivity index (χ4v) is 7.68. The molecule has 0 saturated heterocycles. The average Bonchev–Trinajstić information content (AvgIpc) is 3.30. The number of fused-ring (bicyclic) bond motifs is 1. The number of hydrogen-bond donors (Lipinski definition) is 3. The summed E-state index contributed by atoms with van der Waals surface area (Å²) in [6.07, 6.45) is 0.205. The minimum atomic E-state index is -4.22. The molecule has 55 heavy (non-hydrogen) atoms. The van der Waals surface area contributed by atoms with Gasteiger partial charge < -0.3 is 20.3 Å². The van der Waals surface area contributed by atoms with Crippen LogP contribution in [0.15, 0.2) is 138 Å². The molecule has 1 heterocycles. The van der Waals surface area contributed by atoms with E-state index in [2.05, 4.69) is 15.4 Å². The Balaban J connectivity index is 1.14. The van der Waals surface area contributed by atoms with Crippen LogP contribution in [0.25, 0.3) is 11.1 Å². The second-order valence-corrected chi connectivity index (χ2v) is 15.6. The molecule has 3 N–H and O–H groups in total. The van der Waals surface area contributed by atoms with E-state index in [1.165, 1.54) is 18.2 Å². The lowest BCUT2D eigenvalue weighted by molar-refractivity contribution is -0.128. The monoisotopic (exact) mass is 758 g/mol. The molecule has 0 spiro atoms. The van der Waals surface area contributed by atoms with E-state index >= 15 is 0 Å². The predicted molar refractivity (Wildman–Crippen MR) is 209 cm³/mol. The van der Waals surface area contributed by atoms with Crippen molar-refractivity contribution in [1.82, 2.24) is 15.4 Å². The van der Waals surface area contributed by atoms with Crippen LogP contribution in [0.3, 0.4) is 0 Å². The van der Waals surface area contributed by atoms with Crippen LogP contribution < -0.4 is 20.3 Å². The first-order valence-electron chi connectivity index (χ1n) is 17.9. The van der Waals surface area contributed by atoms with Gasteiger partial charge in [-0.15, -0.1) is 0 Å². The Hall–Kier alpha value is -6.27. The average molecular weight is 759 g/mol. The zero-order chi connectivity index (χ0) is 39.0. The molecule has 0 radical (unpaired) electrons. The predicted octanol–water partition coefficient (Wildman–Crippen LogP) is 6.53. The number of benzene rings is 5. The Morgan fingerprint density at radius 1 is 0.782 bits per heavy atom. The van der Waals surface area contributed by atoms with Crippen molar-refractivity contribution in [3.05, 3.63) is 156 Å². The molecule has 4 amide bonds. The van der Waals surface area contributed by atoms with Crippen molar-refractivity contribution in [3.63, 3.8) is 0 Å². The number of aryl methyl sites for hydroxylation is 1. The van der Waals surface area contributed by atoms with E-state index in [1.807, 2.05) is 66.7 Å². The van der Waals surface area contributed by atoms with Crippen LogP contribution in [0.2, 0.25) is 0 Å². The Labute approximate surface area is 320 Å². The van der Waals surface area contributed by atoms with Gasteiger partial charge in [-0.25, -0.2) is 17.9 Å². The second-order valence-electron chi connectivity index (χ2n) is 14.0. The van der Waals surface area contributed by atoms with Gasteiger partial charge in [0.1, 0.15) is 12.6 Å². The normalized spacial score (nSPS) is 14.3. The molecule has 1 aliphatic rings. The van der Waals surface area contributed by atoms with Crippen molar-refractivity contribution in [2.45, 2.75) is 62.7 Å². The number of nitrogens with zero attached hydrogens (tertiary/aromatic N) is 1. The minimum Gasteiger partial charge on any atom is -0.445 e. The molecule has 0 aromatic heterocycles. The minimum absolute atomic E-state index is 0.0512. The van der Waals surface area contributed by atoms with Gasteiger partial charge >= 0.3 is 6.09 Å². The van der Waals surface area contributed by atoms with Gasteiger partial charge in [0.05, 0.1) is 11.4 Å². The van der Waals surface area contributed by atoms with Crippen LogP contribution >= 0.6 is 0 Å². The summed E-state index contributed by atoms with van der Waals surface area (Å²) in [4.78, 5) is 54.4. The topological polar surface area (TPSA) is 151 Å². The van der Waals surface area contributed by atoms with Crippen molar-refractivity contribution < 1.29 is 32.3 Å². The molecule has 282 valence electrons. The van der Waals surface area contributed by atoms with E-state index < -0.39 is 39.5 Å². The first-order chi connectivity index (χ1) is 26.4. The lowest BCUT2D eigenvalue weighted by Gasteiger charge is -2.28. The molecule has 0 saturated carbocycles. The van der Waals surface area contributed by atoms with Gasteiger partial charge in [0.15, 0.2) is 0 Å². The lowest BCUT2D eigenvalue weighted by Crippen LogP contribution is -2.51. The quantitative estimate of drug-likeness (QED) is 0.131. The van der Waals surface area contributed by atoms with Gasteiger partial charge in [-0.05, 0) is 73.2 Å². The molecule has 5 aromatic carbocycles. The molecule has 1 aliphatic heterocycles. The summed E-state index contributed by atoms with van der Waals surface area (Å²) in [7, 11) is -4.22. The third-order valence-corrected chi connectivity index (χ3v) is 10.6. The SMILES string of the molecule is CC(C)(CC(=O)N[C@@H]1CCc2ccccc2N(Cc2ccc(-c3ccccc3S(=O)(=O)NC(=O)c3ccccc3)cc2)C1=O)NC(=O)OCc1ccccc1. The second kappa shape index (κ2) is 16.8. The molecular weight excluding hydrogens is 717 g/mol. The van der Waals surface area contributed by atoms with Crippen molar-refractivity contribution >= 4 is 39.5 Å². The molecular formula is C43H42N4O7S. The largest absolute Gasteiger partial charge is 0.445 e. The van der Waals surface area contributed by atoms with E-state index in [0.717, 1.165) is 22.4 Å². The summed E-state index contributed by atoms with van der Waals surface area (Å²) < 4.78 is 34.3. The maximum Gasteiger partial charge on any atom is 0.407 e. The van der Waals surface area contributed by atoms with Crippen LogP contribution in [0.5, 0.6) is 0 Å². The number of anilines is 1. The number of para-hydroxylation sites is 1. The van der Waals surface area contributed by atoms with Gasteiger partial charge in [0, 0.05) is 28.8 Å². The van der Waals surface area contributed by atoms with E-state index in [0.29, 0.717) is 24.0 Å². The standard InChI is InChI=1S/C43H42N4O7S/c1-43(2,45-42(51)54-29-31-13-5-3-6-14-31)27-39(48)44-36-26-25-33-15-9-11-19-37(33)47(41(36)50)28-30-21-23-32(24-22-30)35-18-10-12-20-38(35)55(52,53)46-40(49)34-16-7-4-8-17-34/h3-24,36H,25-29H2,1-2H3,(H,44,48)(H,45,51)(H,46,49)/t36-/m1/s1. The maximum absolute atomic E-state index is 14.2. The van der Waals surface area contributed by atoms with Crippen LogP contribution in [0, 0.1) is 0 Å². The lowest BCUT2D eigenvalue weighted by atomic mass is 9.99. The first kappa shape index (κ1) is 38.5. The number of sulfonamides is 1. The zero-order valence-corrected chi connectivity index (χ0v) is 31.3. The molecule has 5 aromatic rings. The molecule has 0 bridgehead atoms. The van der Waals surface area contributed by atoms with Crippen molar-refractivity contribution in [1.29, 1.82) is 0 Å². The van der Waals surface area contributed by atoms with Crippen molar-refractivity contribution in [2.24, 2.45) is 0 Å². The fraction of sp³-hybridized carbons (Fsp3) is 0.209. The Bertz CT molecular complexity index is 2280. The molecule has 0 aliphatic carbocycles. The number of amides is 4. The van der Waals surface area contributed by atoms with E-state index in [1.54, 1.807) is 67.3 Å². The third-order valence-electron chi connectivity index (χ3n) is 9.19. The van der Waals surface area contributed by atoms with Gasteiger partial charge in [0.2, 0.25) is 11.8 Å². The molecule has 0 fully saturated rings. The highest BCUT2D eigenvalue weighted by Gasteiger charge is 2.33. The Morgan fingerprint density at radius 3 is 2.15 bits per heavy atom. The molecule has 1 atom stereocenters. The van der Waals surface area contributed by atoms with Crippen LogP contribution in [0.1, 0.15) is 53.7 Å². The number of alkyl carbamates (subject to hydrolysis) is 1. The Kier molecular flexibility index (Phi) is 11.8. The van der Waals surface area contributed by atoms with Crippen LogP contribution in [0.4, 0.5) is 10.5 Å². The van der Waals surface area contributed by atoms with E-state index in [-0.39, 0.29) is 35.9 Å². The first-order valence-corrected chi connectivity index (χ1v) is 19.3. The molecule has 6 rings (SSSR count). The summed E-state index contributed by atoms with van der Waals surface area (Å²) in [5.41, 5.74) is 3.58. The number of ether oxygens (including phenoxy) is 1. The molecule has 0 unspecified atom stereocenters. The summed E-state index contributed by atoms with van der Waals surface area (Å²) in [6, 6.07) is 37.8. The smallest absolute Gasteiger partial charge is 0.407 e. The maximum atomic E-state index is 14.2. The number of nitrogens with one attached hydrogen (secondary N) is 3. The highest BCUT2D eigenvalue weighted by atomic mass is 32.2. The van der Waals surface area contributed by atoms with Gasteiger partial charge in [0.25, 0.3) is 15.9 Å². The van der Waals surface area contributed by atoms with Crippen LogP contribution in [-0.4, -0.2) is 43.8 Å². The summed E-state index contributed by atoms with van der Waals surface area (Å²) in [5, 5.41) is 5.66. The summed E-state index contributed by atoms with van der Waals surface area (Å²) in [6.45, 7) is 3.71. The highest BCUT2D eigenvalue weighted by molar-refractivity contribution is 7.90. The van der Waals surface area contributed by atoms with Gasteiger partial charge in [-0.2, -0.15) is 0 Å². The van der Waals surface area contributed by atoms with E-state index in [4.69, 9.17) is 4.74 Å². The number of carbonyl (C=O) groups is 4. The highest BCUT2D eigenvalue weighted by Crippen LogP contribution is 2.31. The van der Waals surface area contributed by atoms with Gasteiger partial charge in [-0.1, -0.05) is 109 Å². The van der Waals surface area contributed by atoms with Crippen LogP contribution in [-0.2, 0) is 43.9 Å². The summed E-state index contributed by atoms with van der Waals surface area (Å²) >= 11 is 0. The summed E-state index contributed by atoms with van der Waals surface area (Å²) in [5.74, 6) is -1.40. The third kappa shape index (κ3) is 9.84. The molecule has 11 nitrogen and oxygen atoms in total. The van der Waals surface area contributed by atoms with E-state index in [9.17, 15) is 27.6 Å². The van der Waals surface area contributed by atoms with Gasteiger partial charge in [-0.3, -0.25) is 14.4 Å². The fourth-order valence-electron chi connectivity index (χ4n) is 6.48. The molecule has 12 heteroatoms. The van der Waals surface area contributed by atoms with Crippen molar-refractivity contribution in [2.75, 3.05) is 4.90 Å². The number of rotatable bonds is 12. The number of hydrogen-bond acceptors (Lipinski definition) is 7. The van der Waals surface area contributed by atoms with Crippen molar-refractivity contribution in [3.8, 4) is 11.1 Å².